The molecule has 1 unspecified atom stereocenters. The fraction of sp³-hybridized carbons (Fsp3) is 0.500. The molecule has 1 atom stereocenters. The summed E-state index contributed by atoms with van der Waals surface area (Å²) >= 11 is 5.76. The first kappa shape index (κ1) is 16.4. The number of hydrogen-bond acceptors (Lipinski definition) is 3. The third kappa shape index (κ3) is 4.72. The van der Waals surface area contributed by atoms with Gasteiger partial charge in [-0.05, 0) is 30.5 Å². The van der Waals surface area contributed by atoms with E-state index in [9.17, 15) is 12.8 Å². The largest absolute Gasteiger partial charge is 0.329 e. The predicted molar refractivity (Wildman–Crippen MR) is 74.0 cm³/mol. The lowest BCUT2D eigenvalue weighted by Gasteiger charge is -2.19. The first-order valence-electron chi connectivity index (χ1n) is 5.93. The van der Waals surface area contributed by atoms with Gasteiger partial charge in [0.2, 0.25) is 10.0 Å². The van der Waals surface area contributed by atoms with Crippen molar-refractivity contribution in [2.45, 2.75) is 31.2 Å². The Bertz CT molecular complexity index is 535. The van der Waals surface area contributed by atoms with Gasteiger partial charge >= 0.3 is 0 Å². The molecule has 4 nitrogen and oxygen atoms in total. The predicted octanol–water partition coefficient (Wildman–Crippen LogP) is 2.13. The molecule has 1 aromatic carbocycles. The second-order valence-corrected chi connectivity index (χ2v) is 6.85. The number of nitrogens with one attached hydrogen (secondary N) is 1. The van der Waals surface area contributed by atoms with Crippen LogP contribution in [0.5, 0.6) is 0 Å². The van der Waals surface area contributed by atoms with Crippen LogP contribution in [-0.2, 0) is 10.0 Å². The van der Waals surface area contributed by atoms with E-state index in [0.717, 1.165) is 18.2 Å². The average Bonchev–Trinajstić information content (AvgIpc) is 2.26. The zero-order valence-corrected chi connectivity index (χ0v) is 12.4. The van der Waals surface area contributed by atoms with E-state index in [2.05, 4.69) is 4.72 Å². The summed E-state index contributed by atoms with van der Waals surface area (Å²) in [6.45, 7) is 4.14. The topological polar surface area (TPSA) is 72.2 Å². The Labute approximate surface area is 118 Å². The van der Waals surface area contributed by atoms with E-state index in [1.807, 2.05) is 13.8 Å². The van der Waals surface area contributed by atoms with Gasteiger partial charge in [0.05, 0.1) is 5.02 Å². The highest BCUT2D eigenvalue weighted by molar-refractivity contribution is 7.89. The minimum atomic E-state index is -3.79. The molecule has 0 aromatic heterocycles. The third-order valence-electron chi connectivity index (χ3n) is 2.55. The first-order valence-corrected chi connectivity index (χ1v) is 7.80. The van der Waals surface area contributed by atoms with Gasteiger partial charge in [-0.1, -0.05) is 25.4 Å². The van der Waals surface area contributed by atoms with Crippen molar-refractivity contribution in [3.63, 3.8) is 0 Å². The average molecular weight is 309 g/mol. The molecule has 0 saturated carbocycles. The number of nitrogens with two attached hydrogens (primary N) is 1. The molecular weight excluding hydrogens is 291 g/mol. The van der Waals surface area contributed by atoms with Crippen molar-refractivity contribution in [3.05, 3.63) is 29.0 Å². The Morgan fingerprint density at radius 1 is 1.42 bits per heavy atom. The Morgan fingerprint density at radius 2 is 2.05 bits per heavy atom. The van der Waals surface area contributed by atoms with Crippen LogP contribution in [0.25, 0.3) is 0 Å². The fourth-order valence-corrected chi connectivity index (χ4v) is 3.53. The van der Waals surface area contributed by atoms with E-state index in [0.29, 0.717) is 12.3 Å². The molecule has 7 heteroatoms. The van der Waals surface area contributed by atoms with Gasteiger partial charge in [0.15, 0.2) is 0 Å². The summed E-state index contributed by atoms with van der Waals surface area (Å²) < 4.78 is 39.7. The quantitative estimate of drug-likeness (QED) is 0.845. The number of hydrogen-bond donors (Lipinski definition) is 2. The summed E-state index contributed by atoms with van der Waals surface area (Å²) in [6, 6.07) is 2.80. The molecule has 19 heavy (non-hydrogen) atoms. The van der Waals surface area contributed by atoms with Gasteiger partial charge in [-0.15, -0.1) is 0 Å². The minimum absolute atomic E-state index is 0.141. The van der Waals surface area contributed by atoms with E-state index in [4.69, 9.17) is 17.3 Å². The molecule has 1 aromatic rings. The Balaban J connectivity index is 2.97. The Morgan fingerprint density at radius 3 is 2.53 bits per heavy atom. The molecule has 108 valence electrons. The van der Waals surface area contributed by atoms with Crippen LogP contribution in [-0.4, -0.2) is 21.0 Å². The molecular formula is C12H18ClFN2O2S. The molecule has 0 bridgehead atoms. The van der Waals surface area contributed by atoms with Crippen molar-refractivity contribution in [3.8, 4) is 0 Å². The minimum Gasteiger partial charge on any atom is -0.329 e. The molecule has 0 heterocycles. The van der Waals surface area contributed by atoms with Crippen LogP contribution in [0.1, 0.15) is 20.3 Å². The second-order valence-electron chi connectivity index (χ2n) is 4.76. The maximum absolute atomic E-state index is 12.9. The van der Waals surface area contributed by atoms with Gasteiger partial charge in [0.25, 0.3) is 0 Å². The summed E-state index contributed by atoms with van der Waals surface area (Å²) in [5.74, 6) is -0.276. The Hall–Kier alpha value is -0.690. The molecule has 0 saturated heterocycles. The van der Waals surface area contributed by atoms with Crippen LogP contribution in [0.4, 0.5) is 4.39 Å². The van der Waals surface area contributed by atoms with E-state index in [1.54, 1.807) is 0 Å². The fourth-order valence-electron chi connectivity index (χ4n) is 1.74. The van der Waals surface area contributed by atoms with Crippen LogP contribution in [0.2, 0.25) is 5.02 Å². The van der Waals surface area contributed by atoms with E-state index >= 15 is 0 Å². The lowest BCUT2D eigenvalue weighted by Crippen LogP contribution is -2.41. The lowest BCUT2D eigenvalue weighted by atomic mass is 10.1. The summed E-state index contributed by atoms with van der Waals surface area (Å²) in [6.07, 6.45) is 0.620. The Kier molecular flexibility index (Phi) is 5.73. The van der Waals surface area contributed by atoms with Crippen LogP contribution < -0.4 is 10.5 Å². The molecule has 0 aliphatic rings. The van der Waals surface area contributed by atoms with Gasteiger partial charge in [0.1, 0.15) is 10.7 Å². The molecule has 0 aliphatic heterocycles. The molecule has 0 radical (unpaired) electrons. The molecule has 0 fully saturated rings. The van der Waals surface area contributed by atoms with Gasteiger partial charge < -0.3 is 5.73 Å². The number of halogens is 2. The lowest BCUT2D eigenvalue weighted by molar-refractivity contribution is 0.465. The van der Waals surface area contributed by atoms with Crippen LogP contribution in [0, 0.1) is 11.7 Å². The summed E-state index contributed by atoms with van der Waals surface area (Å²) in [7, 11) is -3.79. The van der Waals surface area contributed by atoms with Gasteiger partial charge in [0, 0.05) is 12.6 Å². The number of benzene rings is 1. The number of rotatable bonds is 6. The molecule has 0 spiro atoms. The zero-order chi connectivity index (χ0) is 14.6. The maximum Gasteiger partial charge on any atom is 0.242 e. The van der Waals surface area contributed by atoms with E-state index < -0.39 is 15.8 Å². The van der Waals surface area contributed by atoms with Crippen molar-refractivity contribution in [2.24, 2.45) is 11.7 Å². The third-order valence-corrected chi connectivity index (χ3v) is 4.55. The molecule has 3 N–H and O–H groups in total. The highest BCUT2D eigenvalue weighted by Crippen LogP contribution is 2.22. The monoisotopic (exact) mass is 308 g/mol. The second kappa shape index (κ2) is 6.65. The highest BCUT2D eigenvalue weighted by Gasteiger charge is 2.22. The van der Waals surface area contributed by atoms with E-state index in [-0.39, 0.29) is 22.5 Å². The summed E-state index contributed by atoms with van der Waals surface area (Å²) in [5.41, 5.74) is 5.55. The molecule has 0 aliphatic carbocycles. The van der Waals surface area contributed by atoms with Crippen molar-refractivity contribution in [1.82, 2.24) is 4.72 Å². The van der Waals surface area contributed by atoms with Crippen LogP contribution >= 0.6 is 11.6 Å². The summed E-state index contributed by atoms with van der Waals surface area (Å²) in [5, 5.41) is -0.146. The standard InChI is InChI=1S/C12H18ClFN2O2S/c1-8(2)5-10(7-15)16-19(17,18)12-4-3-9(14)6-11(12)13/h3-4,6,8,10,16H,5,7,15H2,1-2H3. The maximum atomic E-state index is 12.9. The van der Waals surface area contributed by atoms with Crippen molar-refractivity contribution >= 4 is 21.6 Å². The normalized spacial score (nSPS) is 13.8. The molecule has 1 rings (SSSR count). The first-order chi connectivity index (χ1) is 8.76. The number of sulfonamides is 1. The summed E-state index contributed by atoms with van der Waals surface area (Å²) in [4.78, 5) is -0.141. The van der Waals surface area contributed by atoms with Crippen molar-refractivity contribution in [1.29, 1.82) is 0 Å². The zero-order valence-electron chi connectivity index (χ0n) is 10.9. The smallest absolute Gasteiger partial charge is 0.242 e. The highest BCUT2D eigenvalue weighted by atomic mass is 35.5. The van der Waals surface area contributed by atoms with Gasteiger partial charge in [-0.3, -0.25) is 0 Å². The van der Waals surface area contributed by atoms with Crippen LogP contribution in [0.3, 0.4) is 0 Å². The SMILES string of the molecule is CC(C)CC(CN)NS(=O)(=O)c1ccc(F)cc1Cl. The van der Waals surface area contributed by atoms with Crippen molar-refractivity contribution in [2.75, 3.05) is 6.54 Å². The van der Waals surface area contributed by atoms with Gasteiger partial charge in [-0.2, -0.15) is 0 Å². The molecule has 0 amide bonds. The van der Waals surface area contributed by atoms with Gasteiger partial charge in [-0.25, -0.2) is 17.5 Å². The van der Waals surface area contributed by atoms with E-state index in [1.165, 1.54) is 0 Å². The van der Waals surface area contributed by atoms with Crippen molar-refractivity contribution < 1.29 is 12.8 Å². The van der Waals surface area contributed by atoms with Crippen LogP contribution in [0.15, 0.2) is 23.1 Å².